The van der Waals surface area contributed by atoms with Crippen LogP contribution in [0.5, 0.6) is 0 Å². The molecule has 0 aliphatic carbocycles. The molecule has 1 N–H and O–H groups in total. The minimum absolute atomic E-state index is 0.0915. The predicted octanol–water partition coefficient (Wildman–Crippen LogP) is 3.17. The Bertz CT molecular complexity index is 1060. The first-order valence-corrected chi connectivity index (χ1v) is 9.75. The van der Waals surface area contributed by atoms with E-state index >= 15 is 0 Å². The first-order chi connectivity index (χ1) is 14.0. The van der Waals surface area contributed by atoms with E-state index in [0.29, 0.717) is 29.3 Å². The van der Waals surface area contributed by atoms with Crippen LogP contribution >= 0.6 is 0 Å². The van der Waals surface area contributed by atoms with E-state index in [4.69, 9.17) is 4.42 Å². The van der Waals surface area contributed by atoms with Crippen molar-refractivity contribution in [3.8, 4) is 0 Å². The van der Waals surface area contributed by atoms with Gasteiger partial charge in [-0.3, -0.25) is 14.6 Å². The number of carbonyl (C=O) groups excluding carboxylic acids is 2. The van der Waals surface area contributed by atoms with Crippen LogP contribution in [0.4, 0.5) is 5.69 Å². The van der Waals surface area contributed by atoms with Gasteiger partial charge in [0.1, 0.15) is 11.3 Å². The van der Waals surface area contributed by atoms with E-state index in [2.05, 4.69) is 22.2 Å². The van der Waals surface area contributed by atoms with Crippen molar-refractivity contribution in [3.05, 3.63) is 59.6 Å². The molecule has 150 valence electrons. The summed E-state index contributed by atoms with van der Waals surface area (Å²) < 4.78 is 5.78. The molecule has 1 aliphatic rings. The molecule has 2 amide bonds. The van der Waals surface area contributed by atoms with Gasteiger partial charge < -0.3 is 19.5 Å². The van der Waals surface area contributed by atoms with Crippen LogP contribution in [0.25, 0.3) is 11.0 Å². The molecular formula is C22H24N4O3. The molecule has 0 radical (unpaired) electrons. The molecule has 1 aromatic carbocycles. The zero-order valence-corrected chi connectivity index (χ0v) is 16.6. The summed E-state index contributed by atoms with van der Waals surface area (Å²) >= 11 is 0. The van der Waals surface area contributed by atoms with Gasteiger partial charge in [-0.1, -0.05) is 6.07 Å². The van der Waals surface area contributed by atoms with Crippen molar-refractivity contribution in [3.63, 3.8) is 0 Å². The highest BCUT2D eigenvalue weighted by Crippen LogP contribution is 2.25. The summed E-state index contributed by atoms with van der Waals surface area (Å²) in [5, 5.41) is 3.64. The smallest absolute Gasteiger partial charge is 0.289 e. The maximum Gasteiger partial charge on any atom is 0.289 e. The zero-order chi connectivity index (χ0) is 20.4. The van der Waals surface area contributed by atoms with E-state index in [9.17, 15) is 9.59 Å². The van der Waals surface area contributed by atoms with Crippen LogP contribution in [0.15, 0.2) is 47.0 Å². The van der Waals surface area contributed by atoms with Gasteiger partial charge in [0.15, 0.2) is 5.76 Å². The molecule has 1 aliphatic heterocycles. The second kappa shape index (κ2) is 8.05. The average Bonchev–Trinajstić information content (AvgIpc) is 3.01. The van der Waals surface area contributed by atoms with Crippen molar-refractivity contribution in [2.24, 2.45) is 0 Å². The number of fused-ring (bicyclic) bond motifs is 1. The van der Waals surface area contributed by atoms with Crippen LogP contribution in [0.1, 0.15) is 33.0 Å². The van der Waals surface area contributed by atoms with E-state index in [1.165, 1.54) is 0 Å². The molecule has 3 heterocycles. The quantitative estimate of drug-likeness (QED) is 0.741. The second-order valence-electron chi connectivity index (χ2n) is 7.44. The van der Waals surface area contributed by atoms with E-state index in [0.717, 1.165) is 37.0 Å². The number of carbonyl (C=O) groups is 2. The number of nitrogens with zero attached hydrogens (tertiary/aromatic N) is 3. The highest BCUT2D eigenvalue weighted by atomic mass is 16.3. The molecule has 1 saturated heterocycles. The third-order valence-electron chi connectivity index (χ3n) is 5.22. The van der Waals surface area contributed by atoms with Gasteiger partial charge in [-0.15, -0.1) is 0 Å². The first-order valence-electron chi connectivity index (χ1n) is 9.75. The Hall–Kier alpha value is -3.19. The summed E-state index contributed by atoms with van der Waals surface area (Å²) in [6.45, 7) is 5.11. The number of aryl methyl sites for hydroxylation is 1. The number of benzene rings is 1. The van der Waals surface area contributed by atoms with Crippen LogP contribution < -0.4 is 5.32 Å². The fourth-order valence-corrected chi connectivity index (χ4v) is 3.55. The van der Waals surface area contributed by atoms with Crippen LogP contribution in [0.2, 0.25) is 0 Å². The monoisotopic (exact) mass is 392 g/mol. The molecular weight excluding hydrogens is 368 g/mol. The lowest BCUT2D eigenvalue weighted by Crippen LogP contribution is -2.34. The molecule has 4 rings (SSSR count). The van der Waals surface area contributed by atoms with E-state index in [-0.39, 0.29) is 11.8 Å². The largest absolute Gasteiger partial charge is 0.451 e. The van der Waals surface area contributed by atoms with Gasteiger partial charge in [0, 0.05) is 36.9 Å². The molecule has 29 heavy (non-hydrogen) atoms. The maximum atomic E-state index is 12.8. The Labute approximate surface area is 169 Å². The van der Waals surface area contributed by atoms with Crippen molar-refractivity contribution in [2.45, 2.75) is 13.3 Å². The number of rotatable bonds is 3. The minimum Gasteiger partial charge on any atom is -0.451 e. The van der Waals surface area contributed by atoms with Crippen LogP contribution in [-0.2, 0) is 0 Å². The average molecular weight is 392 g/mol. The molecule has 0 unspecified atom stereocenters. The van der Waals surface area contributed by atoms with Crippen molar-refractivity contribution < 1.29 is 14.0 Å². The molecule has 3 aromatic rings. The van der Waals surface area contributed by atoms with Crippen molar-refractivity contribution >= 4 is 28.5 Å². The van der Waals surface area contributed by atoms with Crippen LogP contribution in [0.3, 0.4) is 0 Å². The third kappa shape index (κ3) is 4.14. The van der Waals surface area contributed by atoms with Crippen molar-refractivity contribution in [2.75, 3.05) is 38.5 Å². The number of pyridine rings is 1. The van der Waals surface area contributed by atoms with Crippen molar-refractivity contribution in [1.29, 1.82) is 0 Å². The Kier molecular flexibility index (Phi) is 5.31. The molecule has 0 bridgehead atoms. The number of hydrogen-bond acceptors (Lipinski definition) is 5. The van der Waals surface area contributed by atoms with E-state index < -0.39 is 0 Å². The van der Waals surface area contributed by atoms with Crippen molar-refractivity contribution in [1.82, 2.24) is 14.8 Å². The van der Waals surface area contributed by atoms with Gasteiger partial charge in [0.05, 0.1) is 0 Å². The highest BCUT2D eigenvalue weighted by molar-refractivity contribution is 6.05. The normalized spacial score (nSPS) is 15.3. The Morgan fingerprint density at radius 3 is 2.79 bits per heavy atom. The molecule has 2 aromatic heterocycles. The number of anilines is 1. The van der Waals surface area contributed by atoms with Gasteiger partial charge in [0.2, 0.25) is 0 Å². The number of furan rings is 1. The molecule has 7 nitrogen and oxygen atoms in total. The summed E-state index contributed by atoms with van der Waals surface area (Å²) in [6.07, 6.45) is 2.55. The van der Waals surface area contributed by atoms with Gasteiger partial charge >= 0.3 is 0 Å². The Morgan fingerprint density at radius 1 is 1.10 bits per heavy atom. The summed E-state index contributed by atoms with van der Waals surface area (Å²) in [4.78, 5) is 33.5. The van der Waals surface area contributed by atoms with Gasteiger partial charge in [-0.25, -0.2) is 0 Å². The Morgan fingerprint density at radius 2 is 1.97 bits per heavy atom. The summed E-state index contributed by atoms with van der Waals surface area (Å²) in [6, 6.07) is 10.7. The number of amides is 2. The third-order valence-corrected chi connectivity index (χ3v) is 5.22. The SMILES string of the molecule is Cc1cccnc1C(=O)Nc1ccc2oc(C(=O)N3CCCN(C)CC3)cc2c1. The molecule has 0 atom stereocenters. The molecule has 0 spiro atoms. The maximum absolute atomic E-state index is 12.8. The molecule has 0 saturated carbocycles. The summed E-state index contributed by atoms with van der Waals surface area (Å²) in [7, 11) is 2.07. The fraction of sp³-hybridized carbons (Fsp3) is 0.318. The summed E-state index contributed by atoms with van der Waals surface area (Å²) in [5.41, 5.74) is 2.45. The van der Waals surface area contributed by atoms with Gasteiger partial charge in [0.25, 0.3) is 11.8 Å². The first kappa shape index (κ1) is 19.1. The Balaban J connectivity index is 1.52. The van der Waals surface area contributed by atoms with Gasteiger partial charge in [-0.2, -0.15) is 0 Å². The number of nitrogens with one attached hydrogen (secondary N) is 1. The van der Waals surface area contributed by atoms with Crippen LogP contribution in [-0.4, -0.2) is 59.8 Å². The lowest BCUT2D eigenvalue weighted by molar-refractivity contribution is 0.0733. The standard InChI is InChI=1S/C22H24N4O3/c1-15-5-3-8-23-20(15)21(27)24-17-6-7-18-16(13-17)14-19(29-18)22(28)26-10-4-9-25(2)11-12-26/h3,5-8,13-14H,4,9-12H2,1-2H3,(H,24,27). The minimum atomic E-state index is -0.268. The van der Waals surface area contributed by atoms with Crippen LogP contribution in [0, 0.1) is 6.92 Å². The lowest BCUT2D eigenvalue weighted by atomic mass is 10.2. The molecule has 1 fully saturated rings. The fourth-order valence-electron chi connectivity index (χ4n) is 3.55. The lowest BCUT2D eigenvalue weighted by Gasteiger charge is -2.18. The topological polar surface area (TPSA) is 78.7 Å². The number of likely N-dealkylation sites (N-methyl/N-ethyl adjacent to an activating group) is 1. The number of aromatic nitrogens is 1. The van der Waals surface area contributed by atoms with E-state index in [1.807, 2.05) is 24.0 Å². The highest BCUT2D eigenvalue weighted by Gasteiger charge is 2.22. The number of hydrogen-bond donors (Lipinski definition) is 1. The predicted molar refractivity (Wildman–Crippen MR) is 111 cm³/mol. The van der Waals surface area contributed by atoms with Gasteiger partial charge in [-0.05, 0) is 62.8 Å². The van der Waals surface area contributed by atoms with E-state index in [1.54, 1.807) is 30.5 Å². The summed E-state index contributed by atoms with van der Waals surface area (Å²) in [5.74, 6) is -0.0317. The molecule has 7 heteroatoms. The zero-order valence-electron chi connectivity index (χ0n) is 16.6. The second-order valence-corrected chi connectivity index (χ2v) is 7.44.